The summed E-state index contributed by atoms with van der Waals surface area (Å²) >= 11 is 12.4. The summed E-state index contributed by atoms with van der Waals surface area (Å²) in [5.74, 6) is 2.50. The van der Waals surface area contributed by atoms with Crippen LogP contribution in [0.5, 0.6) is 0 Å². The van der Waals surface area contributed by atoms with Gasteiger partial charge < -0.3 is 0 Å². The number of halogens is 2. The zero-order valence-corrected chi connectivity index (χ0v) is 26.2. The van der Waals surface area contributed by atoms with E-state index in [-0.39, 0.29) is 5.15 Å². The molecular weight excluding hydrogens is 625 g/mol. The molecule has 0 spiro atoms. The molecule has 8 aromatic rings. The first-order chi connectivity index (χ1) is 23.1. The quantitative estimate of drug-likeness (QED) is 0.167. The number of hydrogen-bond acceptors (Lipinski definition) is 6. The molecule has 0 saturated heterocycles. The summed E-state index contributed by atoms with van der Waals surface area (Å²) in [7, 11) is 0. The van der Waals surface area contributed by atoms with E-state index in [0.29, 0.717) is 34.2 Å². The van der Waals surface area contributed by atoms with Crippen LogP contribution in [-0.4, -0.2) is 34.5 Å². The SMILES string of the molecule is Clc1cc(Cl)n2nc(-c3ccc(-c4nc(-c5cccc(-c6ccccc6)c5)nc(-c5cccc(-c6ccccc6)c5)n4)cc3)nc2n1. The van der Waals surface area contributed by atoms with Crippen molar-refractivity contribution in [3.05, 3.63) is 150 Å². The Hall–Kier alpha value is -5.76. The minimum absolute atomic E-state index is 0.252. The van der Waals surface area contributed by atoms with E-state index in [0.717, 1.165) is 44.5 Å². The lowest BCUT2D eigenvalue weighted by Gasteiger charge is -2.11. The van der Waals surface area contributed by atoms with Gasteiger partial charge in [-0.15, -0.1) is 5.10 Å². The van der Waals surface area contributed by atoms with E-state index in [2.05, 4.69) is 63.6 Å². The maximum absolute atomic E-state index is 6.30. The Bertz CT molecular complexity index is 2270. The van der Waals surface area contributed by atoms with Gasteiger partial charge in [-0.3, -0.25) is 0 Å². The van der Waals surface area contributed by atoms with Crippen LogP contribution in [0.15, 0.2) is 140 Å². The summed E-state index contributed by atoms with van der Waals surface area (Å²) in [5, 5.41) is 5.09. The van der Waals surface area contributed by atoms with Gasteiger partial charge in [-0.05, 0) is 34.4 Å². The smallest absolute Gasteiger partial charge is 0.208 e. The summed E-state index contributed by atoms with van der Waals surface area (Å²) in [6.45, 7) is 0. The number of hydrogen-bond donors (Lipinski definition) is 0. The van der Waals surface area contributed by atoms with Crippen LogP contribution in [0, 0.1) is 0 Å². The summed E-state index contributed by atoms with van der Waals surface area (Å²) in [4.78, 5) is 23.7. The third kappa shape index (κ3) is 5.86. The van der Waals surface area contributed by atoms with E-state index >= 15 is 0 Å². The average Bonchev–Trinajstić information content (AvgIpc) is 3.57. The van der Waals surface area contributed by atoms with Crippen molar-refractivity contribution in [2.45, 2.75) is 0 Å². The van der Waals surface area contributed by atoms with Crippen LogP contribution in [0.2, 0.25) is 10.3 Å². The van der Waals surface area contributed by atoms with Crippen molar-refractivity contribution in [1.82, 2.24) is 34.5 Å². The van der Waals surface area contributed by atoms with Crippen molar-refractivity contribution in [3.8, 4) is 67.8 Å². The molecule has 0 saturated carbocycles. The van der Waals surface area contributed by atoms with Gasteiger partial charge in [0.15, 0.2) is 23.3 Å². The molecule has 0 radical (unpaired) electrons. The Labute approximate surface area is 280 Å². The van der Waals surface area contributed by atoms with Crippen molar-refractivity contribution >= 4 is 29.0 Å². The molecule has 224 valence electrons. The minimum atomic E-state index is 0.252. The summed E-state index contributed by atoms with van der Waals surface area (Å²) < 4.78 is 1.45. The summed E-state index contributed by atoms with van der Waals surface area (Å²) in [5.41, 5.74) is 7.79. The van der Waals surface area contributed by atoms with Gasteiger partial charge >= 0.3 is 0 Å². The fourth-order valence-corrected chi connectivity index (χ4v) is 5.85. The molecule has 0 fully saturated rings. The minimum Gasteiger partial charge on any atom is -0.208 e. The Morgan fingerprint density at radius 2 is 0.809 bits per heavy atom. The Morgan fingerprint density at radius 1 is 0.362 bits per heavy atom. The molecule has 0 N–H and O–H groups in total. The van der Waals surface area contributed by atoms with Gasteiger partial charge in [-0.2, -0.15) is 14.5 Å². The highest BCUT2D eigenvalue weighted by Gasteiger charge is 2.16. The van der Waals surface area contributed by atoms with Gasteiger partial charge in [-0.25, -0.2) is 15.0 Å². The second-order valence-electron chi connectivity index (χ2n) is 10.8. The van der Waals surface area contributed by atoms with Gasteiger partial charge in [0, 0.05) is 28.3 Å². The van der Waals surface area contributed by atoms with Crippen molar-refractivity contribution in [1.29, 1.82) is 0 Å². The average molecular weight is 649 g/mol. The Morgan fingerprint density at radius 3 is 1.34 bits per heavy atom. The first kappa shape index (κ1) is 28.7. The third-order valence-corrected chi connectivity index (χ3v) is 8.19. The molecule has 3 aromatic heterocycles. The maximum atomic E-state index is 6.30. The number of aromatic nitrogens is 7. The second-order valence-corrected chi connectivity index (χ2v) is 11.6. The molecule has 0 aliphatic rings. The molecule has 0 unspecified atom stereocenters. The van der Waals surface area contributed by atoms with Gasteiger partial charge in [0.2, 0.25) is 0 Å². The molecule has 0 atom stereocenters. The van der Waals surface area contributed by atoms with Gasteiger partial charge in [0.1, 0.15) is 10.3 Å². The van der Waals surface area contributed by atoms with E-state index in [1.165, 1.54) is 10.6 Å². The number of fused-ring (bicyclic) bond motifs is 1. The number of rotatable bonds is 6. The molecule has 0 aliphatic heterocycles. The van der Waals surface area contributed by atoms with Gasteiger partial charge in [-0.1, -0.05) is 145 Å². The highest BCUT2D eigenvalue weighted by molar-refractivity contribution is 6.33. The van der Waals surface area contributed by atoms with E-state index in [1.807, 2.05) is 84.9 Å². The molecule has 0 bridgehead atoms. The Balaban J connectivity index is 1.23. The lowest BCUT2D eigenvalue weighted by atomic mass is 10.0. The van der Waals surface area contributed by atoms with Crippen LogP contribution in [0.1, 0.15) is 0 Å². The molecule has 47 heavy (non-hydrogen) atoms. The van der Waals surface area contributed by atoms with Crippen molar-refractivity contribution in [2.24, 2.45) is 0 Å². The normalized spacial score (nSPS) is 11.2. The zero-order valence-electron chi connectivity index (χ0n) is 24.7. The van der Waals surface area contributed by atoms with Crippen molar-refractivity contribution < 1.29 is 0 Å². The van der Waals surface area contributed by atoms with Gasteiger partial charge in [0.05, 0.1) is 0 Å². The first-order valence-corrected chi connectivity index (χ1v) is 15.6. The van der Waals surface area contributed by atoms with Crippen LogP contribution >= 0.6 is 23.2 Å². The van der Waals surface area contributed by atoms with E-state index < -0.39 is 0 Å². The molecule has 0 amide bonds. The first-order valence-electron chi connectivity index (χ1n) is 14.8. The van der Waals surface area contributed by atoms with E-state index in [4.69, 9.17) is 38.2 Å². The standard InChI is InChI=1S/C38H23Cl2N7/c39-32-23-33(40)47-38(41-32)45-37(46-47)27-19-17-26(18-20-27)34-42-35(30-15-7-13-28(21-30)24-9-3-1-4-10-24)44-36(43-34)31-16-8-14-29(22-31)25-11-5-2-6-12-25/h1-23H. The molecule has 7 nitrogen and oxygen atoms in total. The van der Waals surface area contributed by atoms with Crippen LogP contribution < -0.4 is 0 Å². The fourth-order valence-electron chi connectivity index (χ4n) is 5.40. The lowest BCUT2D eigenvalue weighted by molar-refractivity contribution is 0.943. The molecule has 3 heterocycles. The predicted molar refractivity (Wildman–Crippen MR) is 187 cm³/mol. The number of benzene rings is 5. The maximum Gasteiger partial charge on any atom is 0.255 e. The van der Waals surface area contributed by atoms with Crippen molar-refractivity contribution in [3.63, 3.8) is 0 Å². The molecule has 5 aromatic carbocycles. The highest BCUT2D eigenvalue weighted by Crippen LogP contribution is 2.31. The van der Waals surface area contributed by atoms with Gasteiger partial charge in [0.25, 0.3) is 5.78 Å². The number of nitrogens with zero attached hydrogens (tertiary/aromatic N) is 7. The predicted octanol–water partition coefficient (Wildman–Crippen LogP) is 9.62. The topological polar surface area (TPSA) is 81.8 Å². The largest absolute Gasteiger partial charge is 0.255 e. The van der Waals surface area contributed by atoms with E-state index in [1.54, 1.807) is 0 Å². The lowest BCUT2D eigenvalue weighted by Crippen LogP contribution is -2.00. The molecular formula is C38H23Cl2N7. The Kier molecular flexibility index (Phi) is 7.45. The van der Waals surface area contributed by atoms with E-state index in [9.17, 15) is 0 Å². The van der Waals surface area contributed by atoms with Crippen molar-refractivity contribution in [2.75, 3.05) is 0 Å². The monoisotopic (exact) mass is 647 g/mol. The fraction of sp³-hybridized carbons (Fsp3) is 0. The summed E-state index contributed by atoms with van der Waals surface area (Å²) in [6.07, 6.45) is 0. The zero-order chi connectivity index (χ0) is 31.7. The van der Waals surface area contributed by atoms with Crippen LogP contribution in [0.4, 0.5) is 0 Å². The van der Waals surface area contributed by atoms with Crippen LogP contribution in [-0.2, 0) is 0 Å². The molecule has 9 heteroatoms. The van der Waals surface area contributed by atoms with Crippen LogP contribution in [0.3, 0.4) is 0 Å². The molecule has 8 rings (SSSR count). The summed E-state index contributed by atoms with van der Waals surface area (Å²) in [6, 6.07) is 46.3. The van der Waals surface area contributed by atoms with Crippen LogP contribution in [0.25, 0.3) is 73.6 Å². The molecule has 0 aliphatic carbocycles. The second kappa shape index (κ2) is 12.2. The highest BCUT2D eigenvalue weighted by atomic mass is 35.5. The third-order valence-electron chi connectivity index (χ3n) is 7.73.